The van der Waals surface area contributed by atoms with Gasteiger partial charge in [-0.15, -0.1) is 11.3 Å². The van der Waals surface area contributed by atoms with Gasteiger partial charge >= 0.3 is 5.97 Å². The molecule has 0 saturated carbocycles. The average Bonchev–Trinajstić information content (AvgIpc) is 2.69. The Labute approximate surface area is 85.1 Å². The van der Waals surface area contributed by atoms with Gasteiger partial charge in [0.1, 0.15) is 0 Å². The number of fused-ring (bicyclic) bond motifs is 1. The van der Waals surface area contributed by atoms with Crippen molar-refractivity contribution in [1.29, 1.82) is 0 Å². The van der Waals surface area contributed by atoms with E-state index >= 15 is 0 Å². The molecule has 4 nitrogen and oxygen atoms in total. The molecule has 2 heterocycles. The first-order valence-corrected chi connectivity index (χ1v) is 5.20. The highest BCUT2D eigenvalue weighted by molar-refractivity contribution is 7.15. The van der Waals surface area contributed by atoms with Crippen molar-refractivity contribution in [3.8, 4) is 0 Å². The first kappa shape index (κ1) is 9.21. The number of esters is 1. The summed E-state index contributed by atoms with van der Waals surface area (Å²) in [5.41, 5.74) is 1.45. The van der Waals surface area contributed by atoms with Gasteiger partial charge in [0.15, 0.2) is 10.7 Å². The van der Waals surface area contributed by atoms with Gasteiger partial charge in [-0.25, -0.2) is 9.78 Å². The minimum atomic E-state index is -0.359. The lowest BCUT2D eigenvalue weighted by Crippen LogP contribution is -2.04. The van der Waals surface area contributed by atoms with Crippen LogP contribution in [0.25, 0.3) is 4.96 Å². The predicted octanol–water partition coefficient (Wildman–Crippen LogP) is 1.88. The fourth-order valence-corrected chi connectivity index (χ4v) is 2.05. The molecule has 0 atom stereocenters. The Morgan fingerprint density at radius 2 is 2.50 bits per heavy atom. The van der Waals surface area contributed by atoms with Gasteiger partial charge in [0.25, 0.3) is 0 Å². The van der Waals surface area contributed by atoms with Crippen LogP contribution in [-0.4, -0.2) is 22.0 Å². The number of carbonyl (C=O) groups excluding carboxylic acids is 1. The Hall–Kier alpha value is -1.36. The number of nitrogens with zero attached hydrogens (tertiary/aromatic N) is 2. The summed E-state index contributed by atoms with van der Waals surface area (Å²) in [7, 11) is 0. The Balaban J connectivity index is 2.40. The predicted molar refractivity (Wildman–Crippen MR) is 53.8 cm³/mol. The first-order chi connectivity index (χ1) is 6.72. The maximum atomic E-state index is 11.3. The molecule has 2 aromatic heterocycles. The summed E-state index contributed by atoms with van der Waals surface area (Å²) in [6.07, 6.45) is 1.71. The zero-order chi connectivity index (χ0) is 10.1. The minimum Gasteiger partial charge on any atom is -0.461 e. The molecule has 0 fully saturated rings. The summed E-state index contributed by atoms with van der Waals surface area (Å²) in [5, 5.41) is 2.00. The van der Waals surface area contributed by atoms with Crippen LogP contribution in [0.15, 0.2) is 11.6 Å². The molecule has 5 heteroatoms. The molecule has 0 radical (unpaired) electrons. The van der Waals surface area contributed by atoms with E-state index in [0.29, 0.717) is 12.3 Å². The van der Waals surface area contributed by atoms with Crippen LogP contribution in [0.2, 0.25) is 0 Å². The lowest BCUT2D eigenvalue weighted by Gasteiger charge is -1.95. The number of aromatic nitrogens is 2. The van der Waals surface area contributed by atoms with Gasteiger partial charge in [-0.3, -0.25) is 4.40 Å². The van der Waals surface area contributed by atoms with Crippen LogP contribution in [0.4, 0.5) is 0 Å². The second-order valence-corrected chi connectivity index (χ2v) is 3.71. The molecular formula is C9H10N2O2S. The molecule has 0 aliphatic heterocycles. The molecule has 0 saturated heterocycles. The third-order valence-corrected chi connectivity index (χ3v) is 2.83. The number of ether oxygens (including phenoxy) is 1. The largest absolute Gasteiger partial charge is 0.461 e. The Morgan fingerprint density at radius 3 is 3.14 bits per heavy atom. The number of thiazole rings is 1. The SMILES string of the molecule is CCOC(=O)c1cn2c(C)csc2n1. The van der Waals surface area contributed by atoms with Crippen LogP contribution in [0.1, 0.15) is 23.1 Å². The van der Waals surface area contributed by atoms with Crippen molar-refractivity contribution in [2.24, 2.45) is 0 Å². The maximum absolute atomic E-state index is 11.3. The van der Waals surface area contributed by atoms with Gasteiger partial charge in [0.05, 0.1) is 6.61 Å². The van der Waals surface area contributed by atoms with Crippen molar-refractivity contribution in [3.63, 3.8) is 0 Å². The molecule has 2 rings (SSSR count). The van der Waals surface area contributed by atoms with E-state index in [-0.39, 0.29) is 5.97 Å². The van der Waals surface area contributed by atoms with E-state index in [1.165, 1.54) is 11.3 Å². The third-order valence-electron chi connectivity index (χ3n) is 1.87. The normalized spacial score (nSPS) is 10.7. The molecule has 74 valence electrons. The number of imidazole rings is 1. The van der Waals surface area contributed by atoms with E-state index in [9.17, 15) is 4.79 Å². The lowest BCUT2D eigenvalue weighted by atomic mass is 10.5. The summed E-state index contributed by atoms with van der Waals surface area (Å²) in [4.78, 5) is 16.3. The van der Waals surface area contributed by atoms with Crippen molar-refractivity contribution in [1.82, 2.24) is 9.38 Å². The van der Waals surface area contributed by atoms with Crippen molar-refractivity contribution >= 4 is 22.3 Å². The molecule has 2 aromatic rings. The van der Waals surface area contributed by atoms with Crippen LogP contribution in [0, 0.1) is 6.92 Å². The zero-order valence-corrected chi connectivity index (χ0v) is 8.80. The maximum Gasteiger partial charge on any atom is 0.358 e. The van der Waals surface area contributed by atoms with Crippen LogP contribution in [0.3, 0.4) is 0 Å². The summed E-state index contributed by atoms with van der Waals surface area (Å²) >= 11 is 1.51. The van der Waals surface area contributed by atoms with Crippen LogP contribution < -0.4 is 0 Å². The number of hydrogen-bond acceptors (Lipinski definition) is 4. The summed E-state index contributed by atoms with van der Waals surface area (Å²) < 4.78 is 6.74. The van der Waals surface area contributed by atoms with Gasteiger partial charge in [0, 0.05) is 17.3 Å². The van der Waals surface area contributed by atoms with Crippen molar-refractivity contribution in [2.45, 2.75) is 13.8 Å². The number of hydrogen-bond donors (Lipinski definition) is 0. The average molecular weight is 210 g/mol. The van der Waals surface area contributed by atoms with Crippen LogP contribution in [0.5, 0.6) is 0 Å². The molecule has 0 aliphatic rings. The molecule has 0 aromatic carbocycles. The summed E-state index contributed by atoms with van der Waals surface area (Å²) in [6, 6.07) is 0. The third kappa shape index (κ3) is 1.39. The molecule has 0 bridgehead atoms. The fourth-order valence-electron chi connectivity index (χ4n) is 1.20. The first-order valence-electron chi connectivity index (χ1n) is 4.32. The van der Waals surface area contributed by atoms with E-state index < -0.39 is 0 Å². The smallest absolute Gasteiger partial charge is 0.358 e. The van der Waals surface area contributed by atoms with E-state index in [1.54, 1.807) is 13.1 Å². The molecule has 0 amide bonds. The molecular weight excluding hydrogens is 200 g/mol. The second-order valence-electron chi connectivity index (χ2n) is 2.88. The van der Waals surface area contributed by atoms with E-state index in [0.717, 1.165) is 10.7 Å². The monoisotopic (exact) mass is 210 g/mol. The van der Waals surface area contributed by atoms with Crippen molar-refractivity contribution < 1.29 is 9.53 Å². The highest BCUT2D eigenvalue weighted by Crippen LogP contribution is 2.16. The fraction of sp³-hybridized carbons (Fsp3) is 0.333. The van der Waals surface area contributed by atoms with E-state index in [4.69, 9.17) is 4.74 Å². The minimum absolute atomic E-state index is 0.359. The molecule has 0 N–H and O–H groups in total. The zero-order valence-electron chi connectivity index (χ0n) is 7.98. The van der Waals surface area contributed by atoms with E-state index in [1.807, 2.05) is 16.7 Å². The lowest BCUT2D eigenvalue weighted by molar-refractivity contribution is 0.0520. The second kappa shape index (κ2) is 3.42. The Bertz CT molecular complexity index is 472. The van der Waals surface area contributed by atoms with E-state index in [2.05, 4.69) is 4.98 Å². The summed E-state index contributed by atoms with van der Waals surface area (Å²) in [5.74, 6) is -0.359. The Morgan fingerprint density at radius 1 is 1.71 bits per heavy atom. The molecule has 0 spiro atoms. The van der Waals surface area contributed by atoms with Crippen LogP contribution in [-0.2, 0) is 4.74 Å². The van der Waals surface area contributed by atoms with Gasteiger partial charge in [-0.1, -0.05) is 0 Å². The summed E-state index contributed by atoms with van der Waals surface area (Å²) in [6.45, 7) is 4.13. The van der Waals surface area contributed by atoms with Crippen LogP contribution >= 0.6 is 11.3 Å². The van der Waals surface area contributed by atoms with Crippen molar-refractivity contribution in [2.75, 3.05) is 6.61 Å². The molecule has 0 aliphatic carbocycles. The number of rotatable bonds is 2. The number of aryl methyl sites for hydroxylation is 1. The van der Waals surface area contributed by atoms with Gasteiger partial charge in [-0.05, 0) is 13.8 Å². The molecule has 14 heavy (non-hydrogen) atoms. The Kier molecular flexibility index (Phi) is 2.25. The number of carbonyl (C=O) groups is 1. The highest BCUT2D eigenvalue weighted by Gasteiger charge is 2.12. The van der Waals surface area contributed by atoms with Gasteiger partial charge in [0.2, 0.25) is 0 Å². The van der Waals surface area contributed by atoms with Gasteiger partial charge < -0.3 is 4.74 Å². The quantitative estimate of drug-likeness (QED) is 0.711. The van der Waals surface area contributed by atoms with Gasteiger partial charge in [-0.2, -0.15) is 0 Å². The van der Waals surface area contributed by atoms with Crippen molar-refractivity contribution in [3.05, 3.63) is 23.0 Å². The topological polar surface area (TPSA) is 43.6 Å². The highest BCUT2D eigenvalue weighted by atomic mass is 32.1. The molecule has 0 unspecified atom stereocenters. The standard InChI is InChI=1S/C9H10N2O2S/c1-3-13-8(12)7-4-11-6(2)5-14-9(11)10-7/h4-5H,3H2,1-2H3.